The van der Waals surface area contributed by atoms with E-state index in [4.69, 9.17) is 0 Å². The highest BCUT2D eigenvalue weighted by Gasteiger charge is 2.22. The van der Waals surface area contributed by atoms with Crippen LogP contribution >= 0.6 is 0 Å². The van der Waals surface area contributed by atoms with Gasteiger partial charge in [0.25, 0.3) is 5.91 Å². The summed E-state index contributed by atoms with van der Waals surface area (Å²) in [6.45, 7) is 4.73. The van der Waals surface area contributed by atoms with Gasteiger partial charge in [-0.15, -0.1) is 0 Å². The van der Waals surface area contributed by atoms with Crippen molar-refractivity contribution in [1.82, 2.24) is 15.0 Å². The van der Waals surface area contributed by atoms with E-state index in [0.717, 1.165) is 29.7 Å². The fourth-order valence-electron chi connectivity index (χ4n) is 4.38. The zero-order chi connectivity index (χ0) is 27.9. The van der Waals surface area contributed by atoms with Gasteiger partial charge in [0, 0.05) is 27.9 Å². The third-order valence-corrected chi connectivity index (χ3v) is 6.58. The number of aldehydes is 1. The number of halogens is 2. The molecule has 5 aromatic rings. The van der Waals surface area contributed by atoms with Crippen molar-refractivity contribution in [2.24, 2.45) is 0 Å². The minimum atomic E-state index is -1.27. The van der Waals surface area contributed by atoms with Crippen molar-refractivity contribution in [1.29, 1.82) is 0 Å². The van der Waals surface area contributed by atoms with Gasteiger partial charge < -0.3 is 15.4 Å². The summed E-state index contributed by atoms with van der Waals surface area (Å²) >= 11 is 0. The van der Waals surface area contributed by atoms with Crippen LogP contribution in [0.25, 0.3) is 33.5 Å². The molecule has 0 aliphatic heterocycles. The summed E-state index contributed by atoms with van der Waals surface area (Å²) < 4.78 is 29.6. The first-order valence-electron chi connectivity index (χ1n) is 12.1. The van der Waals surface area contributed by atoms with Gasteiger partial charge in [-0.3, -0.25) is 9.59 Å². The summed E-state index contributed by atoms with van der Waals surface area (Å²) in [5.41, 5.74) is 2.99. The number of aliphatic hydroxyl groups is 1. The summed E-state index contributed by atoms with van der Waals surface area (Å²) in [5.74, 6) is -2.18. The number of benzene rings is 3. The molecule has 0 aliphatic rings. The van der Waals surface area contributed by atoms with E-state index in [2.05, 4.69) is 20.3 Å². The number of hydrogen-bond acceptors (Lipinski definition) is 5. The van der Waals surface area contributed by atoms with Crippen LogP contribution in [0.5, 0.6) is 0 Å². The highest BCUT2D eigenvalue weighted by Crippen LogP contribution is 2.35. The second-order valence-corrected chi connectivity index (χ2v) is 9.74. The number of H-pyrrole nitrogens is 1. The lowest BCUT2D eigenvalue weighted by molar-refractivity contribution is 0.0780. The van der Waals surface area contributed by atoms with Gasteiger partial charge in [-0.1, -0.05) is 30.3 Å². The normalized spacial score (nSPS) is 11.5. The molecule has 1 amide bonds. The highest BCUT2D eigenvalue weighted by atomic mass is 19.1. The first kappa shape index (κ1) is 25.9. The molecule has 9 heteroatoms. The molecule has 7 nitrogen and oxygen atoms in total. The van der Waals surface area contributed by atoms with Crippen LogP contribution in [0, 0.1) is 18.6 Å². The van der Waals surface area contributed by atoms with Gasteiger partial charge in [-0.2, -0.15) is 0 Å². The van der Waals surface area contributed by atoms with Crippen LogP contribution in [0.3, 0.4) is 0 Å². The minimum Gasteiger partial charge on any atom is -0.386 e. The molecule has 3 aromatic carbocycles. The maximum atomic E-state index is 14.8. The van der Waals surface area contributed by atoms with Crippen molar-refractivity contribution in [3.8, 4) is 22.5 Å². The van der Waals surface area contributed by atoms with Crippen molar-refractivity contribution in [2.75, 3.05) is 5.32 Å². The molecule has 5 rings (SSSR count). The number of aromatic nitrogens is 3. The predicted molar refractivity (Wildman–Crippen MR) is 144 cm³/mol. The topological polar surface area (TPSA) is 108 Å². The lowest BCUT2D eigenvalue weighted by Gasteiger charge is -2.18. The number of carbonyl (C=O) groups is 2. The first-order chi connectivity index (χ1) is 18.5. The molecule has 0 aliphatic carbocycles. The molecule has 0 unspecified atom stereocenters. The zero-order valence-corrected chi connectivity index (χ0v) is 21.3. The fraction of sp³-hybridized carbons (Fsp3) is 0.133. The largest absolute Gasteiger partial charge is 0.386 e. The average Bonchev–Trinajstić information content (AvgIpc) is 3.34. The van der Waals surface area contributed by atoms with Crippen LogP contribution in [0.2, 0.25) is 0 Å². The Morgan fingerprint density at radius 1 is 1.03 bits per heavy atom. The fourth-order valence-corrected chi connectivity index (χ4v) is 4.38. The monoisotopic (exact) mass is 526 g/mol. The zero-order valence-electron chi connectivity index (χ0n) is 21.3. The molecule has 0 saturated heterocycles. The number of fused-ring (bicyclic) bond motifs is 1. The van der Waals surface area contributed by atoms with Gasteiger partial charge in [-0.25, -0.2) is 18.7 Å². The quantitative estimate of drug-likeness (QED) is 0.229. The molecular weight excluding hydrogens is 502 g/mol. The molecule has 2 heterocycles. The van der Waals surface area contributed by atoms with E-state index >= 15 is 0 Å². The predicted octanol–water partition coefficient (Wildman–Crippen LogP) is 6.17. The van der Waals surface area contributed by atoms with E-state index in [0.29, 0.717) is 39.0 Å². The van der Waals surface area contributed by atoms with Gasteiger partial charge in [0.2, 0.25) is 0 Å². The Morgan fingerprint density at radius 2 is 1.77 bits per heavy atom. The lowest BCUT2D eigenvalue weighted by atomic mass is 9.96. The van der Waals surface area contributed by atoms with Crippen LogP contribution < -0.4 is 5.32 Å². The first-order valence-corrected chi connectivity index (χ1v) is 12.1. The molecule has 196 valence electrons. The molecule has 0 fully saturated rings. The van der Waals surface area contributed by atoms with Crippen molar-refractivity contribution < 1.29 is 23.5 Å². The Balaban J connectivity index is 1.52. The minimum absolute atomic E-state index is 0.160. The molecule has 0 saturated carbocycles. The molecule has 3 N–H and O–H groups in total. The number of hydrogen-bond donors (Lipinski definition) is 3. The highest BCUT2D eigenvalue weighted by molar-refractivity contribution is 6.06. The Bertz CT molecular complexity index is 1740. The van der Waals surface area contributed by atoms with Crippen molar-refractivity contribution in [3.63, 3.8) is 0 Å². The Kier molecular flexibility index (Phi) is 6.53. The van der Waals surface area contributed by atoms with Gasteiger partial charge in [0.05, 0.1) is 16.9 Å². The third kappa shape index (κ3) is 5.04. The number of anilines is 1. The van der Waals surface area contributed by atoms with Crippen LogP contribution in [-0.2, 0) is 5.60 Å². The van der Waals surface area contributed by atoms with E-state index in [1.54, 1.807) is 31.2 Å². The summed E-state index contributed by atoms with van der Waals surface area (Å²) in [6.07, 6.45) is 2.12. The number of rotatable bonds is 6. The molecule has 0 bridgehead atoms. The number of aromatic amines is 1. The number of amides is 1. The second-order valence-electron chi connectivity index (χ2n) is 9.74. The SMILES string of the molecule is Cc1c(NC(=O)c2ccc(C(C)(C)O)cc2F)cc(F)cc1-c1ncnc2[nH]c(-c3ccc(C=O)cc3)cc12. The van der Waals surface area contributed by atoms with Gasteiger partial charge >= 0.3 is 0 Å². The number of carbonyl (C=O) groups excluding carboxylic acids is 2. The van der Waals surface area contributed by atoms with Crippen LogP contribution in [0.15, 0.2) is 67.0 Å². The van der Waals surface area contributed by atoms with Gasteiger partial charge in [0.1, 0.15) is 29.9 Å². The molecule has 0 radical (unpaired) electrons. The lowest BCUT2D eigenvalue weighted by Crippen LogP contribution is -2.19. The Morgan fingerprint density at radius 3 is 2.44 bits per heavy atom. The van der Waals surface area contributed by atoms with Crippen LogP contribution in [0.4, 0.5) is 14.5 Å². The maximum Gasteiger partial charge on any atom is 0.258 e. The van der Waals surface area contributed by atoms with E-state index in [1.165, 1.54) is 38.4 Å². The van der Waals surface area contributed by atoms with E-state index in [-0.39, 0.29) is 11.3 Å². The Hall–Kier alpha value is -4.76. The number of nitrogens with one attached hydrogen (secondary N) is 2. The number of nitrogens with zero attached hydrogens (tertiary/aromatic N) is 2. The smallest absolute Gasteiger partial charge is 0.258 e. The molecule has 2 aromatic heterocycles. The van der Waals surface area contributed by atoms with Crippen LogP contribution in [0.1, 0.15) is 45.7 Å². The Labute approximate surface area is 222 Å². The summed E-state index contributed by atoms with van der Waals surface area (Å²) in [5, 5.41) is 13.3. The molecule has 39 heavy (non-hydrogen) atoms. The standard InChI is InChI=1S/C30H24F2N4O3/c1-16-22(27-23-13-26(35-28(23)34-15-33-27)18-6-4-17(14-37)5-7-18)11-20(31)12-25(16)36-29(38)21-9-8-19(10-24(21)32)30(2,3)39/h4-15,39H,1-3H3,(H,36,38)(H,33,34,35). The summed E-state index contributed by atoms with van der Waals surface area (Å²) in [7, 11) is 0. The summed E-state index contributed by atoms with van der Waals surface area (Å²) in [6, 6.07) is 15.2. The average molecular weight is 527 g/mol. The second kappa shape index (κ2) is 9.85. The van der Waals surface area contributed by atoms with Crippen molar-refractivity contribution in [2.45, 2.75) is 26.4 Å². The van der Waals surface area contributed by atoms with Crippen molar-refractivity contribution >= 4 is 28.9 Å². The summed E-state index contributed by atoms with van der Waals surface area (Å²) in [4.78, 5) is 35.8. The maximum absolute atomic E-state index is 14.8. The van der Waals surface area contributed by atoms with E-state index in [1.807, 2.05) is 6.07 Å². The van der Waals surface area contributed by atoms with Crippen LogP contribution in [-0.4, -0.2) is 32.3 Å². The molecular formula is C30H24F2N4O3. The van der Waals surface area contributed by atoms with Gasteiger partial charge in [-0.05, 0) is 67.8 Å². The van der Waals surface area contributed by atoms with E-state index < -0.39 is 23.1 Å². The van der Waals surface area contributed by atoms with Gasteiger partial charge in [0.15, 0.2) is 0 Å². The molecule has 0 atom stereocenters. The molecule has 0 spiro atoms. The van der Waals surface area contributed by atoms with Crippen molar-refractivity contribution in [3.05, 3.63) is 101 Å². The third-order valence-electron chi connectivity index (χ3n) is 6.58. The van der Waals surface area contributed by atoms with E-state index in [9.17, 15) is 23.5 Å².